The van der Waals surface area contributed by atoms with Gasteiger partial charge in [0.1, 0.15) is 0 Å². The summed E-state index contributed by atoms with van der Waals surface area (Å²) in [5.74, 6) is -4.44. The molecule has 0 bridgehead atoms. The van der Waals surface area contributed by atoms with Crippen LogP contribution in [-0.2, 0) is 12.1 Å². The van der Waals surface area contributed by atoms with E-state index < -0.39 is 47.4 Å². The molecule has 0 heterocycles. The van der Waals surface area contributed by atoms with Crippen molar-refractivity contribution in [2.45, 2.75) is 24.9 Å². The van der Waals surface area contributed by atoms with Gasteiger partial charge in [-0.05, 0) is 18.2 Å². The van der Waals surface area contributed by atoms with Crippen molar-refractivity contribution < 1.29 is 26.7 Å². The maximum Gasteiger partial charge on any atom is 0.417 e. The van der Waals surface area contributed by atoms with Gasteiger partial charge >= 0.3 is 6.18 Å². The quantitative estimate of drug-likeness (QED) is 0.365. The Morgan fingerprint density at radius 2 is 1.64 bits per heavy atom. The van der Waals surface area contributed by atoms with Crippen molar-refractivity contribution in [3.63, 3.8) is 0 Å². The second-order valence-electron chi connectivity index (χ2n) is 5.30. The molecule has 0 aliphatic heterocycles. The van der Waals surface area contributed by atoms with Gasteiger partial charge in [0.15, 0.2) is 5.78 Å². The van der Waals surface area contributed by atoms with Gasteiger partial charge in [-0.25, -0.2) is 8.78 Å². The summed E-state index contributed by atoms with van der Waals surface area (Å²) in [6.45, 7) is 0. The third kappa shape index (κ3) is 4.79. The lowest BCUT2D eigenvalue weighted by Crippen LogP contribution is -2.18. The summed E-state index contributed by atoms with van der Waals surface area (Å²) in [7, 11) is 0. The topological polar surface area (TPSA) is 17.1 Å². The largest absolute Gasteiger partial charge is 0.417 e. The van der Waals surface area contributed by atoms with E-state index in [-0.39, 0.29) is 5.02 Å². The summed E-state index contributed by atoms with van der Waals surface area (Å²) < 4.78 is 67.8. The molecule has 0 saturated heterocycles. The third-order valence-electron chi connectivity index (χ3n) is 3.52. The van der Waals surface area contributed by atoms with Gasteiger partial charge in [0.25, 0.3) is 5.92 Å². The van der Waals surface area contributed by atoms with E-state index in [1.165, 1.54) is 18.2 Å². The van der Waals surface area contributed by atoms with Crippen LogP contribution in [0.2, 0.25) is 5.02 Å². The molecule has 0 atom stereocenters. The van der Waals surface area contributed by atoms with Crippen molar-refractivity contribution >= 4 is 33.3 Å². The molecule has 8 heteroatoms. The maximum atomic E-state index is 14.3. The molecule has 0 aliphatic rings. The number of ketones is 1. The molecular weight excluding hydrogens is 431 g/mol. The van der Waals surface area contributed by atoms with Gasteiger partial charge in [-0.1, -0.05) is 51.8 Å². The average molecular weight is 442 g/mol. The molecule has 0 saturated carbocycles. The zero-order valence-electron chi connectivity index (χ0n) is 12.5. The molecule has 2 rings (SSSR count). The van der Waals surface area contributed by atoms with Gasteiger partial charge < -0.3 is 0 Å². The molecule has 0 aromatic heterocycles. The van der Waals surface area contributed by atoms with Gasteiger partial charge in [-0.15, -0.1) is 0 Å². The molecular formula is C17H11BrClF5O. The minimum atomic E-state index is -4.73. The van der Waals surface area contributed by atoms with Crippen LogP contribution in [-0.4, -0.2) is 5.78 Å². The fourth-order valence-corrected chi connectivity index (χ4v) is 3.11. The standard InChI is InChI=1S/C17H11BrClF5O/c18-10-5-6-13(14(19)9-10)16(20,21)8-7-15(25)11-3-1-2-4-12(11)17(22,23)24/h1-6,9H,7-8H2. The lowest BCUT2D eigenvalue weighted by atomic mass is 9.96. The molecule has 25 heavy (non-hydrogen) atoms. The minimum absolute atomic E-state index is 0.192. The van der Waals surface area contributed by atoms with Gasteiger partial charge in [-0.2, -0.15) is 13.2 Å². The van der Waals surface area contributed by atoms with Crippen LogP contribution in [0.25, 0.3) is 0 Å². The number of carbonyl (C=O) groups is 1. The predicted molar refractivity (Wildman–Crippen MR) is 88.1 cm³/mol. The normalized spacial score (nSPS) is 12.3. The first-order valence-electron chi connectivity index (χ1n) is 7.05. The van der Waals surface area contributed by atoms with Gasteiger partial charge in [-0.3, -0.25) is 4.79 Å². The van der Waals surface area contributed by atoms with Crippen LogP contribution < -0.4 is 0 Å². The number of Topliss-reactive ketones (excluding diaryl/α,β-unsaturated/α-hetero) is 1. The second kappa shape index (κ2) is 7.41. The van der Waals surface area contributed by atoms with E-state index in [4.69, 9.17) is 11.6 Å². The number of benzene rings is 2. The smallest absolute Gasteiger partial charge is 0.294 e. The second-order valence-corrected chi connectivity index (χ2v) is 6.62. The predicted octanol–water partition coefficient (Wildman–Crippen LogP) is 6.88. The molecule has 0 spiro atoms. The molecule has 2 aromatic carbocycles. The van der Waals surface area contributed by atoms with Crippen molar-refractivity contribution in [2.75, 3.05) is 0 Å². The fourth-order valence-electron chi connectivity index (χ4n) is 2.30. The van der Waals surface area contributed by atoms with E-state index in [0.29, 0.717) is 4.47 Å². The molecule has 0 aliphatic carbocycles. The minimum Gasteiger partial charge on any atom is -0.294 e. The van der Waals surface area contributed by atoms with E-state index in [2.05, 4.69) is 15.9 Å². The SMILES string of the molecule is O=C(CCC(F)(F)c1ccc(Br)cc1Cl)c1ccccc1C(F)(F)F. The van der Waals surface area contributed by atoms with E-state index >= 15 is 0 Å². The average Bonchev–Trinajstić information content (AvgIpc) is 2.51. The molecule has 2 aromatic rings. The van der Waals surface area contributed by atoms with Crippen LogP contribution in [0, 0.1) is 0 Å². The Morgan fingerprint density at radius 3 is 2.24 bits per heavy atom. The van der Waals surface area contributed by atoms with Crippen molar-refractivity contribution in [3.05, 3.63) is 68.7 Å². The Labute approximate surface area is 153 Å². The summed E-state index contributed by atoms with van der Waals surface area (Å²) in [5.41, 5.74) is -2.23. The van der Waals surface area contributed by atoms with Crippen LogP contribution in [0.15, 0.2) is 46.9 Å². The molecule has 0 amide bonds. The van der Waals surface area contributed by atoms with E-state index in [9.17, 15) is 26.7 Å². The summed E-state index contributed by atoms with van der Waals surface area (Å²) in [4.78, 5) is 12.1. The maximum absolute atomic E-state index is 14.3. The Hall–Kier alpha value is -1.47. The summed E-state index contributed by atoms with van der Waals surface area (Å²) in [6, 6.07) is 7.89. The summed E-state index contributed by atoms with van der Waals surface area (Å²) in [6.07, 6.45) is -6.42. The number of alkyl halides is 5. The van der Waals surface area contributed by atoms with Gasteiger partial charge in [0.2, 0.25) is 0 Å². The zero-order chi connectivity index (χ0) is 18.8. The Bertz CT molecular complexity index is 789. The highest BCUT2D eigenvalue weighted by atomic mass is 79.9. The van der Waals surface area contributed by atoms with Crippen LogP contribution >= 0.6 is 27.5 Å². The lowest BCUT2D eigenvalue weighted by molar-refractivity contribution is -0.137. The highest BCUT2D eigenvalue weighted by Gasteiger charge is 2.37. The van der Waals surface area contributed by atoms with Gasteiger partial charge in [0, 0.05) is 28.4 Å². The monoisotopic (exact) mass is 440 g/mol. The van der Waals surface area contributed by atoms with E-state index in [0.717, 1.165) is 24.3 Å². The summed E-state index contributed by atoms with van der Waals surface area (Å²) >= 11 is 8.88. The third-order valence-corrected chi connectivity index (χ3v) is 4.33. The van der Waals surface area contributed by atoms with Crippen molar-refractivity contribution in [2.24, 2.45) is 0 Å². The van der Waals surface area contributed by atoms with E-state index in [1.807, 2.05) is 0 Å². The molecule has 0 radical (unpaired) electrons. The van der Waals surface area contributed by atoms with E-state index in [1.54, 1.807) is 0 Å². The van der Waals surface area contributed by atoms with Crippen LogP contribution in [0.1, 0.15) is 34.3 Å². The number of hydrogen-bond donors (Lipinski definition) is 0. The first kappa shape index (κ1) is 19.8. The number of carbonyl (C=O) groups excluding carboxylic acids is 1. The Kier molecular flexibility index (Phi) is 5.89. The number of rotatable bonds is 5. The Balaban J connectivity index is 2.20. The number of halogens is 7. The van der Waals surface area contributed by atoms with Crippen molar-refractivity contribution in [3.8, 4) is 0 Å². The zero-order valence-corrected chi connectivity index (χ0v) is 14.9. The van der Waals surface area contributed by atoms with Crippen molar-refractivity contribution in [1.29, 1.82) is 0 Å². The van der Waals surface area contributed by atoms with Crippen LogP contribution in [0.4, 0.5) is 22.0 Å². The molecule has 0 fully saturated rings. The number of hydrogen-bond acceptors (Lipinski definition) is 1. The highest BCUT2D eigenvalue weighted by Crippen LogP contribution is 2.39. The highest BCUT2D eigenvalue weighted by molar-refractivity contribution is 9.10. The fraction of sp³-hybridized carbons (Fsp3) is 0.235. The summed E-state index contributed by atoms with van der Waals surface area (Å²) in [5, 5.41) is -0.192. The first-order valence-corrected chi connectivity index (χ1v) is 8.22. The van der Waals surface area contributed by atoms with Crippen LogP contribution in [0.5, 0.6) is 0 Å². The van der Waals surface area contributed by atoms with Crippen molar-refractivity contribution in [1.82, 2.24) is 0 Å². The van der Waals surface area contributed by atoms with Crippen LogP contribution in [0.3, 0.4) is 0 Å². The van der Waals surface area contributed by atoms with Gasteiger partial charge in [0.05, 0.1) is 10.6 Å². The molecule has 0 N–H and O–H groups in total. The molecule has 134 valence electrons. The molecule has 1 nitrogen and oxygen atoms in total. The first-order chi connectivity index (χ1) is 11.5. The lowest BCUT2D eigenvalue weighted by Gasteiger charge is -2.18. The Morgan fingerprint density at radius 1 is 1.00 bits per heavy atom. The molecule has 0 unspecified atom stereocenters.